The van der Waals surface area contributed by atoms with Crippen LogP contribution in [0.2, 0.25) is 0 Å². The van der Waals surface area contributed by atoms with Crippen LogP contribution in [0.15, 0.2) is 83.0 Å². The van der Waals surface area contributed by atoms with Gasteiger partial charge < -0.3 is 11.5 Å². The highest BCUT2D eigenvalue weighted by atomic mass is 32.1. The Balaban J connectivity index is 1.62. The van der Waals surface area contributed by atoms with Crippen molar-refractivity contribution in [3.63, 3.8) is 0 Å². The van der Waals surface area contributed by atoms with Gasteiger partial charge in [0, 0.05) is 33.3 Å². The van der Waals surface area contributed by atoms with Gasteiger partial charge in [0.05, 0.1) is 21.1 Å². The van der Waals surface area contributed by atoms with Gasteiger partial charge in [-0.05, 0) is 51.0 Å². The second-order valence-electron chi connectivity index (χ2n) is 9.84. The maximum Gasteiger partial charge on any atom is 0.126 e. The van der Waals surface area contributed by atoms with E-state index in [1.807, 2.05) is 74.5 Å². The van der Waals surface area contributed by atoms with Gasteiger partial charge in [-0.25, -0.2) is 9.97 Å². The molecule has 0 saturated heterocycles. The predicted molar refractivity (Wildman–Crippen MR) is 171 cm³/mol. The van der Waals surface area contributed by atoms with Crippen LogP contribution < -0.4 is 11.5 Å². The fourth-order valence-electron chi connectivity index (χ4n) is 5.05. The second-order valence-corrected chi connectivity index (χ2v) is 11.8. The molecule has 0 unspecified atom stereocenters. The molecule has 0 saturated carbocycles. The highest BCUT2D eigenvalue weighted by Crippen LogP contribution is 2.38. The molecule has 0 spiro atoms. The van der Waals surface area contributed by atoms with Crippen LogP contribution in [0.4, 0.5) is 11.4 Å². The van der Waals surface area contributed by atoms with E-state index in [4.69, 9.17) is 31.6 Å². The van der Waals surface area contributed by atoms with E-state index in [1.165, 1.54) is 0 Å². The minimum absolute atomic E-state index is 0.667. The van der Waals surface area contributed by atoms with Gasteiger partial charge in [0.25, 0.3) is 0 Å². The molecule has 6 rings (SSSR count). The first-order valence-electron chi connectivity index (χ1n) is 12.9. The van der Waals surface area contributed by atoms with Crippen molar-refractivity contribution in [1.29, 1.82) is 0 Å². The van der Waals surface area contributed by atoms with E-state index in [0.717, 1.165) is 63.8 Å². The van der Waals surface area contributed by atoms with Crippen LogP contribution in [0.1, 0.15) is 43.4 Å². The topological polar surface area (TPSA) is 103 Å². The van der Waals surface area contributed by atoms with Gasteiger partial charge in [0.2, 0.25) is 0 Å². The van der Waals surface area contributed by atoms with Gasteiger partial charge in [-0.2, -0.15) is 0 Å². The van der Waals surface area contributed by atoms with Crippen LogP contribution in [-0.2, 0) is 0 Å². The van der Waals surface area contributed by atoms with Crippen molar-refractivity contribution in [3.05, 3.63) is 116 Å². The Kier molecular flexibility index (Phi) is 6.65. The molecular weight excluding hydrogens is 533 g/mol. The predicted octanol–water partition coefficient (Wildman–Crippen LogP) is 7.59. The molecule has 4 N–H and O–H groups in total. The number of fused-ring (bicyclic) bond motifs is 2. The Labute approximate surface area is 240 Å². The van der Waals surface area contributed by atoms with Gasteiger partial charge in [0.15, 0.2) is 0 Å². The lowest BCUT2D eigenvalue weighted by atomic mass is 10.1. The molecule has 8 heteroatoms. The standard InChI is InChI=1S/C32H28N6S2/c1-17-15-19(3)35-31-23(17)25(33)29(39-31)27(21-11-7-5-8-12-21)37-38-28(22-13-9-6-10-14-22)30-26(34)24-18(2)16-20(4)36-32(24)40-30/h5-16H,33-34H2,1-4H3/b37-27+,38-28+. The maximum absolute atomic E-state index is 6.78. The average Bonchev–Trinajstić information content (AvgIpc) is 3.43. The molecule has 0 aliphatic heterocycles. The Bertz CT molecular complexity index is 1810. The minimum Gasteiger partial charge on any atom is -0.397 e. The third-order valence-corrected chi connectivity index (χ3v) is 9.04. The number of nitrogens with zero attached hydrogens (tertiary/aromatic N) is 4. The number of rotatable bonds is 5. The minimum atomic E-state index is 0.667. The monoisotopic (exact) mass is 560 g/mol. The summed E-state index contributed by atoms with van der Waals surface area (Å²) in [6, 6.07) is 24.1. The van der Waals surface area contributed by atoms with Crippen LogP contribution in [0.25, 0.3) is 20.4 Å². The molecule has 0 aliphatic carbocycles. The largest absolute Gasteiger partial charge is 0.397 e. The zero-order valence-corrected chi connectivity index (χ0v) is 24.3. The summed E-state index contributed by atoms with van der Waals surface area (Å²) in [5, 5.41) is 11.8. The first kappa shape index (κ1) is 25.9. The normalized spacial score (nSPS) is 12.5. The zero-order chi connectivity index (χ0) is 28.0. The summed E-state index contributed by atoms with van der Waals surface area (Å²) in [7, 11) is 0. The number of pyridine rings is 2. The van der Waals surface area contributed by atoms with Gasteiger partial charge in [-0.3, -0.25) is 0 Å². The molecule has 6 nitrogen and oxygen atoms in total. The van der Waals surface area contributed by atoms with Crippen LogP contribution in [0.3, 0.4) is 0 Å². The molecule has 198 valence electrons. The van der Waals surface area contributed by atoms with E-state index in [1.54, 1.807) is 22.7 Å². The van der Waals surface area contributed by atoms with Crippen LogP contribution in [-0.4, -0.2) is 21.4 Å². The molecule has 0 bridgehead atoms. The smallest absolute Gasteiger partial charge is 0.126 e. The van der Waals surface area contributed by atoms with Gasteiger partial charge in [-0.1, -0.05) is 60.7 Å². The number of aromatic nitrogens is 2. The Hall–Kier alpha value is -4.40. The van der Waals surface area contributed by atoms with Gasteiger partial charge in [-0.15, -0.1) is 32.9 Å². The summed E-state index contributed by atoms with van der Waals surface area (Å²) in [4.78, 5) is 13.0. The fraction of sp³-hybridized carbons (Fsp3) is 0.125. The summed E-state index contributed by atoms with van der Waals surface area (Å²) < 4.78 is 0. The third kappa shape index (κ3) is 4.55. The van der Waals surface area contributed by atoms with Gasteiger partial charge >= 0.3 is 0 Å². The van der Waals surface area contributed by atoms with E-state index in [-0.39, 0.29) is 0 Å². The Morgan fingerprint density at radius 1 is 0.600 bits per heavy atom. The maximum atomic E-state index is 6.78. The molecule has 0 fully saturated rings. The molecule has 4 aromatic heterocycles. The third-order valence-electron chi connectivity index (χ3n) is 6.82. The SMILES string of the molecule is Cc1cc(C)c2c(N)c(/C(=N/N=C(\c3ccccc3)c3sc4nc(C)cc(C)c4c3N)c3ccccc3)sc2n1. The number of anilines is 2. The fourth-order valence-corrected chi connectivity index (χ4v) is 7.50. The first-order valence-corrected chi connectivity index (χ1v) is 14.5. The van der Waals surface area contributed by atoms with Crippen molar-refractivity contribution in [2.24, 2.45) is 10.2 Å². The van der Waals surface area contributed by atoms with E-state index in [9.17, 15) is 0 Å². The quantitative estimate of drug-likeness (QED) is 0.167. The van der Waals surface area contributed by atoms with Crippen LogP contribution in [0.5, 0.6) is 0 Å². The summed E-state index contributed by atoms with van der Waals surface area (Å²) in [5.74, 6) is 0. The number of nitrogens with two attached hydrogens (primary N) is 2. The first-order chi connectivity index (χ1) is 19.3. The molecule has 2 aromatic carbocycles. The Morgan fingerprint density at radius 3 is 1.35 bits per heavy atom. The number of benzene rings is 2. The number of thiophene rings is 2. The summed E-state index contributed by atoms with van der Waals surface area (Å²) >= 11 is 3.08. The molecule has 4 heterocycles. The number of aryl methyl sites for hydroxylation is 4. The summed E-state index contributed by atoms with van der Waals surface area (Å²) in [6.07, 6.45) is 0. The molecule has 0 atom stereocenters. The number of hydrogen-bond acceptors (Lipinski definition) is 8. The Morgan fingerprint density at radius 2 is 0.975 bits per heavy atom. The lowest BCUT2D eigenvalue weighted by Gasteiger charge is -2.08. The van der Waals surface area contributed by atoms with Crippen LogP contribution in [0, 0.1) is 27.7 Å². The molecule has 0 amide bonds. The van der Waals surface area contributed by atoms with Crippen molar-refractivity contribution in [1.82, 2.24) is 9.97 Å². The number of nitrogen functional groups attached to an aromatic ring is 2. The second kappa shape index (κ2) is 10.3. The van der Waals surface area contributed by atoms with Crippen LogP contribution >= 0.6 is 22.7 Å². The molecule has 40 heavy (non-hydrogen) atoms. The highest BCUT2D eigenvalue weighted by Gasteiger charge is 2.22. The van der Waals surface area contributed by atoms with Crippen molar-refractivity contribution in [2.45, 2.75) is 27.7 Å². The summed E-state index contributed by atoms with van der Waals surface area (Å²) in [6.45, 7) is 8.13. The summed E-state index contributed by atoms with van der Waals surface area (Å²) in [5.41, 5.74) is 22.2. The molecule has 0 aliphatic rings. The van der Waals surface area contributed by atoms with Crippen molar-refractivity contribution < 1.29 is 0 Å². The van der Waals surface area contributed by atoms with E-state index in [2.05, 4.69) is 26.0 Å². The zero-order valence-electron chi connectivity index (χ0n) is 22.7. The van der Waals surface area contributed by atoms with E-state index >= 15 is 0 Å². The lowest BCUT2D eigenvalue weighted by molar-refractivity contribution is 1.23. The highest BCUT2D eigenvalue weighted by molar-refractivity contribution is 7.22. The molecule has 6 aromatic rings. The molecule has 0 radical (unpaired) electrons. The van der Waals surface area contributed by atoms with Crippen molar-refractivity contribution >= 4 is 65.9 Å². The number of hydrogen-bond donors (Lipinski definition) is 2. The van der Waals surface area contributed by atoms with E-state index < -0.39 is 0 Å². The van der Waals surface area contributed by atoms with E-state index in [0.29, 0.717) is 22.8 Å². The van der Waals surface area contributed by atoms with Gasteiger partial charge in [0.1, 0.15) is 21.1 Å². The molecular formula is C32H28N6S2. The van der Waals surface area contributed by atoms with Crippen molar-refractivity contribution in [2.75, 3.05) is 11.5 Å². The average molecular weight is 561 g/mol. The lowest BCUT2D eigenvalue weighted by Crippen LogP contribution is -2.07. The van der Waals surface area contributed by atoms with Crippen molar-refractivity contribution in [3.8, 4) is 0 Å².